The SMILES string of the molecule is CCn1cc(/C=C2\SC(=O)NC2=O)c2cc(C#N)ccc21. The third-order valence-corrected chi connectivity index (χ3v) is 4.12. The Labute approximate surface area is 125 Å². The van der Waals surface area contributed by atoms with Gasteiger partial charge in [-0.3, -0.25) is 14.9 Å². The summed E-state index contributed by atoms with van der Waals surface area (Å²) >= 11 is 0.891. The second-order valence-electron chi connectivity index (χ2n) is 4.57. The van der Waals surface area contributed by atoms with Crippen LogP contribution in [0.2, 0.25) is 0 Å². The highest BCUT2D eigenvalue weighted by Gasteiger charge is 2.25. The summed E-state index contributed by atoms with van der Waals surface area (Å²) in [5.74, 6) is -0.376. The van der Waals surface area contributed by atoms with Crippen molar-refractivity contribution in [3.63, 3.8) is 0 Å². The molecule has 0 atom stereocenters. The van der Waals surface area contributed by atoms with E-state index in [9.17, 15) is 9.59 Å². The maximum atomic E-state index is 11.6. The van der Waals surface area contributed by atoms with E-state index in [-0.39, 0.29) is 11.1 Å². The van der Waals surface area contributed by atoms with Gasteiger partial charge in [0.1, 0.15) is 0 Å². The van der Waals surface area contributed by atoms with Crippen LogP contribution < -0.4 is 5.32 Å². The average molecular weight is 297 g/mol. The number of aromatic nitrogens is 1. The summed E-state index contributed by atoms with van der Waals surface area (Å²) in [4.78, 5) is 23.2. The van der Waals surface area contributed by atoms with Crippen molar-refractivity contribution in [1.82, 2.24) is 9.88 Å². The van der Waals surface area contributed by atoms with Crippen LogP contribution in [0.3, 0.4) is 0 Å². The minimum Gasteiger partial charge on any atom is -0.347 e. The van der Waals surface area contributed by atoms with E-state index < -0.39 is 0 Å². The molecule has 104 valence electrons. The summed E-state index contributed by atoms with van der Waals surface area (Å²) in [5.41, 5.74) is 2.39. The van der Waals surface area contributed by atoms with Gasteiger partial charge in [0.2, 0.25) is 0 Å². The number of imide groups is 1. The van der Waals surface area contributed by atoms with Gasteiger partial charge in [-0.1, -0.05) is 0 Å². The molecule has 1 aromatic heterocycles. The van der Waals surface area contributed by atoms with Crippen LogP contribution in [0.15, 0.2) is 29.3 Å². The Morgan fingerprint density at radius 2 is 2.24 bits per heavy atom. The summed E-state index contributed by atoms with van der Waals surface area (Å²) in [6, 6.07) is 7.58. The quantitative estimate of drug-likeness (QED) is 0.865. The number of carbonyl (C=O) groups is 2. The maximum absolute atomic E-state index is 11.6. The van der Waals surface area contributed by atoms with Crippen LogP contribution in [0.5, 0.6) is 0 Å². The van der Waals surface area contributed by atoms with Crippen LogP contribution in [0.1, 0.15) is 18.1 Å². The van der Waals surface area contributed by atoms with Crippen molar-refractivity contribution in [2.24, 2.45) is 0 Å². The van der Waals surface area contributed by atoms with E-state index in [0.29, 0.717) is 10.5 Å². The minimum absolute atomic E-state index is 0.358. The fourth-order valence-corrected chi connectivity index (χ4v) is 3.01. The van der Waals surface area contributed by atoms with E-state index in [0.717, 1.165) is 34.8 Å². The Morgan fingerprint density at radius 3 is 2.86 bits per heavy atom. The van der Waals surface area contributed by atoms with Crippen molar-refractivity contribution in [1.29, 1.82) is 5.26 Å². The molecule has 0 aliphatic carbocycles. The highest BCUT2D eigenvalue weighted by atomic mass is 32.2. The standard InChI is InChI=1S/C15H11N3O2S/c1-2-18-8-10(6-13-14(19)17-15(20)21-13)11-5-9(7-16)3-4-12(11)18/h3-6,8H,2H2,1H3,(H,17,19,20)/b13-6-. The molecule has 1 saturated heterocycles. The zero-order valence-corrected chi connectivity index (χ0v) is 12.0. The predicted molar refractivity (Wildman–Crippen MR) is 81.4 cm³/mol. The molecule has 21 heavy (non-hydrogen) atoms. The van der Waals surface area contributed by atoms with Crippen molar-refractivity contribution in [3.8, 4) is 6.07 Å². The first kappa shape index (κ1) is 13.5. The van der Waals surface area contributed by atoms with Gasteiger partial charge >= 0.3 is 0 Å². The number of rotatable bonds is 2. The smallest absolute Gasteiger partial charge is 0.290 e. The summed E-state index contributed by atoms with van der Waals surface area (Å²) in [5, 5.41) is 11.8. The lowest BCUT2D eigenvalue weighted by atomic mass is 10.1. The molecule has 0 spiro atoms. The second-order valence-corrected chi connectivity index (χ2v) is 5.58. The van der Waals surface area contributed by atoms with Gasteiger partial charge in [-0.25, -0.2) is 0 Å². The first-order valence-corrected chi connectivity index (χ1v) is 7.22. The van der Waals surface area contributed by atoms with Gasteiger partial charge < -0.3 is 4.57 Å². The van der Waals surface area contributed by atoms with Crippen molar-refractivity contribution < 1.29 is 9.59 Å². The summed E-state index contributed by atoms with van der Waals surface area (Å²) in [7, 11) is 0. The molecule has 5 nitrogen and oxygen atoms in total. The number of benzene rings is 1. The summed E-state index contributed by atoms with van der Waals surface area (Å²) in [6.07, 6.45) is 3.62. The molecular formula is C15H11N3O2S. The highest BCUT2D eigenvalue weighted by molar-refractivity contribution is 8.18. The van der Waals surface area contributed by atoms with Gasteiger partial charge in [-0.05, 0) is 43.0 Å². The number of carbonyl (C=O) groups excluding carboxylic acids is 2. The first-order chi connectivity index (χ1) is 10.1. The second kappa shape index (κ2) is 5.11. The largest absolute Gasteiger partial charge is 0.347 e. The fraction of sp³-hybridized carbons (Fsp3) is 0.133. The van der Waals surface area contributed by atoms with Gasteiger partial charge in [0.25, 0.3) is 11.1 Å². The van der Waals surface area contributed by atoms with Gasteiger partial charge in [0, 0.05) is 29.2 Å². The molecule has 1 aliphatic rings. The molecular weight excluding hydrogens is 286 g/mol. The van der Waals surface area contributed by atoms with E-state index >= 15 is 0 Å². The molecule has 1 aliphatic heterocycles. The summed E-state index contributed by atoms with van der Waals surface area (Å²) in [6.45, 7) is 2.80. The molecule has 0 bridgehead atoms. The van der Waals surface area contributed by atoms with E-state index in [1.807, 2.05) is 23.8 Å². The van der Waals surface area contributed by atoms with Gasteiger partial charge in [-0.2, -0.15) is 5.26 Å². The molecule has 2 aromatic rings. The number of nitriles is 1. The topological polar surface area (TPSA) is 74.9 Å². The first-order valence-electron chi connectivity index (χ1n) is 6.40. The van der Waals surface area contributed by atoms with E-state index in [4.69, 9.17) is 5.26 Å². The predicted octanol–water partition coefficient (Wildman–Crippen LogP) is 2.86. The Kier molecular flexibility index (Phi) is 3.28. The van der Waals surface area contributed by atoms with Crippen LogP contribution in [-0.4, -0.2) is 15.7 Å². The minimum atomic E-state index is -0.376. The number of thioether (sulfide) groups is 1. The van der Waals surface area contributed by atoms with E-state index in [2.05, 4.69) is 11.4 Å². The molecule has 0 saturated carbocycles. The number of hydrogen-bond acceptors (Lipinski definition) is 4. The van der Waals surface area contributed by atoms with Crippen LogP contribution in [0.25, 0.3) is 17.0 Å². The zero-order valence-electron chi connectivity index (χ0n) is 11.2. The van der Waals surface area contributed by atoms with Crippen molar-refractivity contribution >= 4 is 39.9 Å². The van der Waals surface area contributed by atoms with Gasteiger partial charge in [0.05, 0.1) is 16.5 Å². The Balaban J connectivity index is 2.18. The van der Waals surface area contributed by atoms with Crippen LogP contribution >= 0.6 is 11.8 Å². The number of amides is 2. The van der Waals surface area contributed by atoms with Crippen LogP contribution in [-0.2, 0) is 11.3 Å². The lowest BCUT2D eigenvalue weighted by Gasteiger charge is -1.99. The summed E-state index contributed by atoms with van der Waals surface area (Å²) < 4.78 is 2.04. The van der Waals surface area contributed by atoms with Gasteiger partial charge in [0.15, 0.2) is 0 Å². The molecule has 1 aromatic carbocycles. The average Bonchev–Trinajstić information content (AvgIpc) is 2.99. The molecule has 3 rings (SSSR count). The third kappa shape index (κ3) is 2.32. The van der Waals surface area contributed by atoms with E-state index in [1.165, 1.54) is 0 Å². The number of aryl methyl sites for hydroxylation is 1. The molecule has 2 heterocycles. The number of hydrogen-bond donors (Lipinski definition) is 1. The lowest BCUT2D eigenvalue weighted by molar-refractivity contribution is -0.115. The normalized spacial score (nSPS) is 16.5. The molecule has 2 amide bonds. The molecule has 6 heteroatoms. The molecule has 0 unspecified atom stereocenters. The monoisotopic (exact) mass is 297 g/mol. The fourth-order valence-electron chi connectivity index (χ4n) is 2.33. The Hall–Kier alpha value is -2.52. The zero-order chi connectivity index (χ0) is 15.0. The Bertz CT molecular complexity index is 842. The molecule has 0 radical (unpaired) electrons. The van der Waals surface area contributed by atoms with Gasteiger partial charge in [-0.15, -0.1) is 0 Å². The molecule has 1 N–H and O–H groups in total. The van der Waals surface area contributed by atoms with Crippen molar-refractivity contribution in [2.45, 2.75) is 13.5 Å². The number of fused-ring (bicyclic) bond motifs is 1. The van der Waals surface area contributed by atoms with Crippen LogP contribution in [0, 0.1) is 11.3 Å². The van der Waals surface area contributed by atoms with E-state index in [1.54, 1.807) is 18.2 Å². The number of nitrogens with one attached hydrogen (secondary N) is 1. The van der Waals surface area contributed by atoms with Crippen molar-refractivity contribution in [2.75, 3.05) is 0 Å². The molecule has 1 fully saturated rings. The van der Waals surface area contributed by atoms with Crippen LogP contribution in [0.4, 0.5) is 4.79 Å². The third-order valence-electron chi connectivity index (χ3n) is 3.31. The maximum Gasteiger partial charge on any atom is 0.290 e. The number of nitrogens with zero attached hydrogens (tertiary/aromatic N) is 2. The Morgan fingerprint density at radius 1 is 1.43 bits per heavy atom. The highest BCUT2D eigenvalue weighted by Crippen LogP contribution is 2.30. The lowest BCUT2D eigenvalue weighted by Crippen LogP contribution is -2.17. The van der Waals surface area contributed by atoms with Crippen molar-refractivity contribution in [3.05, 3.63) is 40.4 Å².